The van der Waals surface area contributed by atoms with E-state index < -0.39 is 0 Å². The molecule has 0 saturated carbocycles. The first-order valence-corrected chi connectivity index (χ1v) is 13.1. The molecule has 37 heavy (non-hydrogen) atoms. The van der Waals surface area contributed by atoms with E-state index in [0.717, 1.165) is 33.5 Å². The number of amides is 1. The highest BCUT2D eigenvalue weighted by Crippen LogP contribution is 2.42. The Morgan fingerprint density at radius 2 is 1.81 bits per heavy atom. The van der Waals surface area contributed by atoms with Crippen LogP contribution in [-0.4, -0.2) is 31.7 Å². The summed E-state index contributed by atoms with van der Waals surface area (Å²) in [6, 6.07) is 13.2. The minimum atomic E-state index is -0.154. The summed E-state index contributed by atoms with van der Waals surface area (Å²) in [4.78, 5) is 26.8. The Morgan fingerprint density at radius 3 is 2.51 bits per heavy atom. The lowest BCUT2D eigenvalue weighted by Crippen LogP contribution is -2.17. The molecular weight excluding hydrogens is 508 g/mol. The summed E-state index contributed by atoms with van der Waals surface area (Å²) in [6.45, 7) is 5.65. The smallest absolute Gasteiger partial charge is 0.234 e. The molecule has 2 N–H and O–H groups in total. The van der Waals surface area contributed by atoms with Crippen LogP contribution in [0.1, 0.15) is 33.5 Å². The van der Waals surface area contributed by atoms with Crippen molar-refractivity contribution in [2.45, 2.75) is 38.8 Å². The van der Waals surface area contributed by atoms with Crippen LogP contribution in [0.15, 0.2) is 53.7 Å². The minimum absolute atomic E-state index is 0.129. The number of nitrogens with zero attached hydrogens (tertiary/aromatic N) is 3. The maximum absolute atomic E-state index is 12.9. The average molecular weight is 533 g/mol. The number of thioether (sulfide) groups is 1. The number of hydrogen-bond acceptors (Lipinski definition) is 7. The van der Waals surface area contributed by atoms with Crippen LogP contribution < -0.4 is 10.1 Å². The molecule has 1 amide bonds. The predicted octanol–water partition coefficient (Wildman–Crippen LogP) is 6.04. The Kier molecular flexibility index (Phi) is 7.15. The third-order valence-corrected chi connectivity index (χ3v) is 7.52. The third-order valence-electron chi connectivity index (χ3n) is 6.25. The van der Waals surface area contributed by atoms with Crippen molar-refractivity contribution in [1.82, 2.24) is 15.0 Å². The SMILES string of the molecule is Cc1cccc(C)c1NC(=O)CSc1nc(-c2ccc(Cl)cc2)nc2c1Cc1c(CO)cnc(C)c1O2. The zero-order valence-electron chi connectivity index (χ0n) is 20.6. The van der Waals surface area contributed by atoms with Crippen molar-refractivity contribution < 1.29 is 14.6 Å². The monoisotopic (exact) mass is 532 g/mol. The van der Waals surface area contributed by atoms with Crippen LogP contribution in [0, 0.1) is 20.8 Å². The number of rotatable bonds is 6. The summed E-state index contributed by atoms with van der Waals surface area (Å²) < 4.78 is 6.25. The topological polar surface area (TPSA) is 97.2 Å². The van der Waals surface area contributed by atoms with Crippen molar-refractivity contribution in [3.63, 3.8) is 0 Å². The van der Waals surface area contributed by atoms with E-state index in [4.69, 9.17) is 26.3 Å². The highest BCUT2D eigenvalue weighted by Gasteiger charge is 2.28. The van der Waals surface area contributed by atoms with Gasteiger partial charge in [-0.15, -0.1) is 0 Å². The maximum Gasteiger partial charge on any atom is 0.234 e. The molecule has 4 aromatic rings. The molecule has 1 aliphatic heterocycles. The molecule has 0 aliphatic carbocycles. The van der Waals surface area contributed by atoms with Crippen molar-refractivity contribution in [3.05, 3.63) is 87.2 Å². The number of para-hydroxylation sites is 1. The Hall–Kier alpha value is -3.46. The molecule has 0 atom stereocenters. The zero-order chi connectivity index (χ0) is 26.1. The first-order chi connectivity index (χ1) is 17.8. The highest BCUT2D eigenvalue weighted by atomic mass is 35.5. The Balaban J connectivity index is 1.50. The van der Waals surface area contributed by atoms with Crippen molar-refractivity contribution in [2.75, 3.05) is 11.1 Å². The van der Waals surface area contributed by atoms with Gasteiger partial charge >= 0.3 is 0 Å². The molecule has 188 valence electrons. The fourth-order valence-corrected chi connectivity index (χ4v) is 5.21. The van der Waals surface area contributed by atoms with Crippen LogP contribution >= 0.6 is 23.4 Å². The number of carbonyl (C=O) groups is 1. The van der Waals surface area contributed by atoms with Gasteiger partial charge in [-0.1, -0.05) is 41.6 Å². The van der Waals surface area contributed by atoms with Gasteiger partial charge in [-0.25, -0.2) is 4.98 Å². The fraction of sp³-hybridized carbons (Fsp3) is 0.214. The number of halogens is 1. The first kappa shape index (κ1) is 25.2. The molecular formula is C28H25ClN4O3S. The van der Waals surface area contributed by atoms with Crippen LogP contribution in [0.2, 0.25) is 5.02 Å². The lowest BCUT2D eigenvalue weighted by Gasteiger charge is -2.24. The van der Waals surface area contributed by atoms with E-state index in [1.165, 1.54) is 11.8 Å². The molecule has 0 bridgehead atoms. The molecule has 1 aliphatic rings. The van der Waals surface area contributed by atoms with Crippen LogP contribution in [0.5, 0.6) is 11.6 Å². The van der Waals surface area contributed by atoms with Gasteiger partial charge in [-0.2, -0.15) is 4.98 Å². The fourth-order valence-electron chi connectivity index (χ4n) is 4.26. The molecule has 0 radical (unpaired) electrons. The standard InChI is InChI=1S/C28H25ClN4O3S/c1-15-5-4-6-16(2)24(15)31-23(35)14-37-28-22-11-21-19(13-34)12-30-17(3)25(21)36-27(22)32-26(33-28)18-7-9-20(29)10-8-18/h4-10,12,34H,11,13-14H2,1-3H3,(H,31,35). The van der Waals surface area contributed by atoms with Crippen molar-refractivity contribution in [1.29, 1.82) is 0 Å². The Labute approximate surface area is 224 Å². The molecule has 9 heteroatoms. The highest BCUT2D eigenvalue weighted by molar-refractivity contribution is 8.00. The average Bonchev–Trinajstić information content (AvgIpc) is 2.89. The van der Waals surface area contributed by atoms with Crippen LogP contribution in [0.25, 0.3) is 11.4 Å². The van der Waals surface area contributed by atoms with Crippen molar-refractivity contribution in [3.8, 4) is 23.0 Å². The number of aryl methyl sites for hydroxylation is 3. The van der Waals surface area contributed by atoms with Gasteiger partial charge in [0.2, 0.25) is 11.8 Å². The van der Waals surface area contributed by atoms with Crippen LogP contribution in [0.3, 0.4) is 0 Å². The molecule has 0 fully saturated rings. The zero-order valence-corrected chi connectivity index (χ0v) is 22.2. The maximum atomic E-state index is 12.9. The number of aromatic nitrogens is 3. The molecule has 0 unspecified atom stereocenters. The van der Waals surface area contributed by atoms with Gasteiger partial charge < -0.3 is 15.2 Å². The summed E-state index contributed by atoms with van der Waals surface area (Å²) >= 11 is 7.41. The van der Waals surface area contributed by atoms with Gasteiger partial charge in [0.05, 0.1) is 23.6 Å². The van der Waals surface area contributed by atoms with Gasteiger partial charge in [-0.05, 0) is 56.2 Å². The number of ether oxygens (including phenoxy) is 1. The number of fused-ring (bicyclic) bond motifs is 2. The summed E-state index contributed by atoms with van der Waals surface area (Å²) in [7, 11) is 0. The van der Waals surface area contributed by atoms with E-state index in [1.807, 2.05) is 51.1 Å². The third kappa shape index (κ3) is 5.18. The van der Waals surface area contributed by atoms with E-state index >= 15 is 0 Å². The number of benzene rings is 2. The van der Waals surface area contributed by atoms with E-state index in [-0.39, 0.29) is 18.3 Å². The first-order valence-electron chi connectivity index (χ1n) is 11.8. The Morgan fingerprint density at radius 1 is 1.08 bits per heavy atom. The molecule has 5 rings (SSSR count). The second kappa shape index (κ2) is 10.5. The van der Waals surface area contributed by atoms with Crippen LogP contribution in [0.4, 0.5) is 5.69 Å². The number of nitrogens with one attached hydrogen (secondary N) is 1. The summed E-state index contributed by atoms with van der Waals surface area (Å²) in [5.74, 6) is 1.52. The summed E-state index contributed by atoms with van der Waals surface area (Å²) in [6.07, 6.45) is 2.13. The molecule has 2 aromatic carbocycles. The number of carbonyl (C=O) groups excluding carboxylic acids is 1. The van der Waals surface area contributed by atoms with Gasteiger partial charge in [0.15, 0.2) is 11.6 Å². The van der Waals surface area contributed by atoms with E-state index in [1.54, 1.807) is 18.3 Å². The number of aliphatic hydroxyl groups is 1. The normalized spacial score (nSPS) is 11.9. The van der Waals surface area contributed by atoms with Gasteiger partial charge in [0.25, 0.3) is 0 Å². The van der Waals surface area contributed by atoms with Crippen molar-refractivity contribution in [2.24, 2.45) is 0 Å². The Bertz CT molecular complexity index is 1490. The van der Waals surface area contributed by atoms with Gasteiger partial charge in [0.1, 0.15) is 5.03 Å². The number of anilines is 1. The number of hydrogen-bond donors (Lipinski definition) is 2. The van der Waals surface area contributed by atoms with Gasteiger partial charge in [0, 0.05) is 40.0 Å². The number of pyridine rings is 1. The number of aliphatic hydroxyl groups excluding tert-OH is 1. The summed E-state index contributed by atoms with van der Waals surface area (Å²) in [5.41, 5.74) is 6.66. The largest absolute Gasteiger partial charge is 0.436 e. The lowest BCUT2D eigenvalue weighted by atomic mass is 9.99. The minimum Gasteiger partial charge on any atom is -0.436 e. The van der Waals surface area contributed by atoms with Gasteiger partial charge in [-0.3, -0.25) is 9.78 Å². The molecule has 2 aromatic heterocycles. The lowest BCUT2D eigenvalue weighted by molar-refractivity contribution is -0.113. The molecule has 3 heterocycles. The quantitative estimate of drug-likeness (QED) is 0.203. The van der Waals surface area contributed by atoms with E-state index in [2.05, 4.69) is 10.3 Å². The predicted molar refractivity (Wildman–Crippen MR) is 146 cm³/mol. The summed E-state index contributed by atoms with van der Waals surface area (Å²) in [5, 5.41) is 14.2. The van der Waals surface area contributed by atoms with E-state index in [0.29, 0.717) is 45.2 Å². The molecule has 7 nitrogen and oxygen atoms in total. The second-order valence-corrected chi connectivity index (χ2v) is 10.3. The van der Waals surface area contributed by atoms with Crippen molar-refractivity contribution >= 4 is 35.0 Å². The molecule has 0 saturated heterocycles. The van der Waals surface area contributed by atoms with Crippen LogP contribution in [-0.2, 0) is 17.8 Å². The second-order valence-electron chi connectivity index (χ2n) is 8.86. The van der Waals surface area contributed by atoms with E-state index in [9.17, 15) is 9.90 Å². The molecule has 0 spiro atoms.